The van der Waals surface area contributed by atoms with E-state index in [1.165, 1.54) is 30.0 Å². The zero-order valence-corrected chi connectivity index (χ0v) is 21.6. The number of anilines is 2. The first-order valence-electron chi connectivity index (χ1n) is 12.2. The van der Waals surface area contributed by atoms with E-state index in [0.717, 1.165) is 37.9 Å². The molecule has 1 saturated heterocycles. The topological polar surface area (TPSA) is 79.0 Å². The summed E-state index contributed by atoms with van der Waals surface area (Å²) in [6.45, 7) is 3.40. The van der Waals surface area contributed by atoms with E-state index < -0.39 is 15.9 Å². The zero-order chi connectivity index (χ0) is 25.4. The Morgan fingerprint density at radius 3 is 2.42 bits per heavy atom. The van der Waals surface area contributed by atoms with Crippen molar-refractivity contribution >= 4 is 27.3 Å². The van der Waals surface area contributed by atoms with Crippen molar-refractivity contribution in [2.24, 2.45) is 5.92 Å². The van der Waals surface area contributed by atoms with E-state index in [1.54, 1.807) is 6.07 Å². The molecular formula is C28H31N3O4S. The SMILES string of the molecule is Cc1ccc2c(c1)NC(=O)c1cc(S(=O)(=O)N(C)C)c(N3CCC(Cc4ccccc4)CC3)cc1O2. The second kappa shape index (κ2) is 9.59. The number of benzene rings is 3. The van der Waals surface area contributed by atoms with E-state index in [9.17, 15) is 13.2 Å². The fraction of sp³-hybridized carbons (Fsp3) is 0.321. The monoisotopic (exact) mass is 505 g/mol. The summed E-state index contributed by atoms with van der Waals surface area (Å²) < 4.78 is 34.1. The molecule has 0 aliphatic carbocycles. The number of fused-ring (bicyclic) bond motifs is 2. The van der Waals surface area contributed by atoms with Crippen LogP contribution >= 0.6 is 0 Å². The maximum absolute atomic E-state index is 13.4. The van der Waals surface area contributed by atoms with Gasteiger partial charge in [-0.25, -0.2) is 12.7 Å². The summed E-state index contributed by atoms with van der Waals surface area (Å²) in [4.78, 5) is 15.4. The molecule has 5 rings (SSSR count). The van der Waals surface area contributed by atoms with Crippen LogP contribution in [0.4, 0.5) is 11.4 Å². The second-order valence-corrected chi connectivity index (χ2v) is 11.9. The van der Waals surface area contributed by atoms with Gasteiger partial charge in [0.1, 0.15) is 10.6 Å². The predicted molar refractivity (Wildman–Crippen MR) is 142 cm³/mol. The maximum atomic E-state index is 13.4. The Bertz CT molecular complexity index is 1400. The maximum Gasteiger partial charge on any atom is 0.259 e. The van der Waals surface area contributed by atoms with Gasteiger partial charge in [0.05, 0.1) is 16.9 Å². The highest BCUT2D eigenvalue weighted by Gasteiger charge is 2.32. The number of carbonyl (C=O) groups is 1. The van der Waals surface area contributed by atoms with Crippen LogP contribution in [-0.2, 0) is 16.4 Å². The van der Waals surface area contributed by atoms with Gasteiger partial charge in [0.15, 0.2) is 5.75 Å². The van der Waals surface area contributed by atoms with Crippen molar-refractivity contribution in [1.29, 1.82) is 0 Å². The van der Waals surface area contributed by atoms with Gasteiger partial charge in [-0.3, -0.25) is 4.79 Å². The summed E-state index contributed by atoms with van der Waals surface area (Å²) in [5, 5.41) is 2.87. The summed E-state index contributed by atoms with van der Waals surface area (Å²) >= 11 is 0. The lowest BCUT2D eigenvalue weighted by atomic mass is 9.90. The number of hydrogen-bond donors (Lipinski definition) is 1. The van der Waals surface area contributed by atoms with Gasteiger partial charge in [-0.15, -0.1) is 0 Å². The van der Waals surface area contributed by atoms with Crippen LogP contribution in [0.25, 0.3) is 0 Å². The van der Waals surface area contributed by atoms with Crippen LogP contribution in [0.15, 0.2) is 65.6 Å². The second-order valence-electron chi connectivity index (χ2n) is 9.78. The van der Waals surface area contributed by atoms with E-state index in [4.69, 9.17) is 4.74 Å². The van der Waals surface area contributed by atoms with Crippen LogP contribution in [0, 0.1) is 12.8 Å². The van der Waals surface area contributed by atoms with Crippen molar-refractivity contribution in [1.82, 2.24) is 4.31 Å². The van der Waals surface area contributed by atoms with Crippen LogP contribution in [-0.4, -0.2) is 45.8 Å². The highest BCUT2D eigenvalue weighted by atomic mass is 32.2. The molecule has 2 heterocycles. The lowest BCUT2D eigenvalue weighted by Gasteiger charge is -2.35. The quantitative estimate of drug-likeness (QED) is 0.524. The largest absolute Gasteiger partial charge is 0.454 e. The number of ether oxygens (including phenoxy) is 1. The van der Waals surface area contributed by atoms with E-state index in [-0.39, 0.29) is 10.5 Å². The van der Waals surface area contributed by atoms with Crippen LogP contribution < -0.4 is 15.0 Å². The van der Waals surface area contributed by atoms with Gasteiger partial charge < -0.3 is 15.0 Å². The lowest BCUT2D eigenvalue weighted by molar-refractivity contribution is 0.102. The number of amides is 1. The number of hydrogen-bond acceptors (Lipinski definition) is 5. The number of carbonyl (C=O) groups excluding carboxylic acids is 1. The van der Waals surface area contributed by atoms with E-state index in [1.807, 2.05) is 31.2 Å². The molecule has 0 radical (unpaired) electrons. The molecule has 3 aromatic carbocycles. The minimum Gasteiger partial charge on any atom is -0.454 e. The zero-order valence-electron chi connectivity index (χ0n) is 20.8. The van der Waals surface area contributed by atoms with Crippen molar-refractivity contribution in [2.45, 2.75) is 31.1 Å². The third-order valence-corrected chi connectivity index (χ3v) is 8.83. The lowest BCUT2D eigenvalue weighted by Crippen LogP contribution is -2.36. The van der Waals surface area contributed by atoms with Crippen LogP contribution in [0.3, 0.4) is 0 Å². The number of sulfonamides is 1. The highest BCUT2D eigenvalue weighted by molar-refractivity contribution is 7.89. The molecule has 1 N–H and O–H groups in total. The Morgan fingerprint density at radius 1 is 1.00 bits per heavy atom. The molecule has 2 aliphatic rings. The Morgan fingerprint density at radius 2 is 1.72 bits per heavy atom. The summed E-state index contributed by atoms with van der Waals surface area (Å²) in [7, 11) is -0.794. The summed E-state index contributed by atoms with van der Waals surface area (Å²) in [6.07, 6.45) is 2.93. The van der Waals surface area contributed by atoms with Crippen molar-refractivity contribution in [2.75, 3.05) is 37.4 Å². The van der Waals surface area contributed by atoms with Gasteiger partial charge in [-0.2, -0.15) is 0 Å². The third kappa shape index (κ3) is 4.70. The van der Waals surface area contributed by atoms with Gasteiger partial charge >= 0.3 is 0 Å². The van der Waals surface area contributed by atoms with E-state index >= 15 is 0 Å². The van der Waals surface area contributed by atoms with Gasteiger partial charge in [-0.1, -0.05) is 36.4 Å². The van der Waals surface area contributed by atoms with Crippen molar-refractivity contribution < 1.29 is 17.9 Å². The fourth-order valence-corrected chi connectivity index (χ4v) is 6.04. The molecule has 2 aliphatic heterocycles. The van der Waals surface area contributed by atoms with Gasteiger partial charge in [0, 0.05) is 33.3 Å². The first-order valence-corrected chi connectivity index (χ1v) is 13.7. The van der Waals surface area contributed by atoms with Crippen LogP contribution in [0.2, 0.25) is 0 Å². The Labute approximate surface area is 212 Å². The van der Waals surface area contributed by atoms with E-state index in [0.29, 0.717) is 28.8 Å². The molecule has 8 heteroatoms. The molecule has 0 spiro atoms. The molecule has 36 heavy (non-hydrogen) atoms. The number of aryl methyl sites for hydroxylation is 1. The summed E-state index contributed by atoms with van der Waals surface area (Å²) in [5.41, 5.74) is 3.65. The molecule has 1 fully saturated rings. The average Bonchev–Trinajstić information content (AvgIpc) is 2.99. The first-order chi connectivity index (χ1) is 17.2. The first kappa shape index (κ1) is 24.3. The van der Waals surface area contributed by atoms with E-state index in [2.05, 4.69) is 34.5 Å². The molecule has 0 saturated carbocycles. The standard InChI is InChI=1S/C28H31N3O4S/c1-19-9-10-25-23(15-19)29-28(32)22-17-27(36(33,34)30(2)3)24(18-26(22)35-25)31-13-11-21(12-14-31)16-20-7-5-4-6-8-20/h4-10,15,17-18,21H,11-14,16H2,1-3H3,(H,29,32). The molecule has 0 atom stereocenters. The van der Waals surface area contributed by atoms with Crippen LogP contribution in [0.5, 0.6) is 11.5 Å². The molecule has 0 unspecified atom stereocenters. The molecule has 0 aromatic heterocycles. The minimum atomic E-state index is -3.81. The summed E-state index contributed by atoms with van der Waals surface area (Å²) in [6, 6.07) is 19.2. The third-order valence-electron chi connectivity index (χ3n) is 6.99. The minimum absolute atomic E-state index is 0.119. The number of piperidine rings is 1. The molecule has 7 nitrogen and oxygen atoms in total. The smallest absolute Gasteiger partial charge is 0.259 e. The molecule has 188 valence electrons. The Balaban J connectivity index is 1.50. The van der Waals surface area contributed by atoms with Gasteiger partial charge in [0.25, 0.3) is 5.91 Å². The predicted octanol–water partition coefficient (Wildman–Crippen LogP) is 5.06. The van der Waals surface area contributed by atoms with Gasteiger partial charge in [-0.05, 0) is 61.4 Å². The normalized spacial score (nSPS) is 16.1. The van der Waals surface area contributed by atoms with Crippen LogP contribution in [0.1, 0.15) is 34.3 Å². The number of nitrogens with one attached hydrogen (secondary N) is 1. The number of nitrogens with zero attached hydrogens (tertiary/aromatic N) is 2. The van der Waals surface area contributed by atoms with Crippen molar-refractivity contribution in [3.05, 3.63) is 77.4 Å². The number of rotatable bonds is 5. The molecular weight excluding hydrogens is 474 g/mol. The fourth-order valence-electron chi connectivity index (χ4n) is 4.93. The molecule has 1 amide bonds. The highest BCUT2D eigenvalue weighted by Crippen LogP contribution is 2.42. The average molecular weight is 506 g/mol. The molecule has 3 aromatic rings. The Kier molecular flexibility index (Phi) is 6.49. The van der Waals surface area contributed by atoms with Crippen molar-refractivity contribution in [3.63, 3.8) is 0 Å². The molecule has 0 bridgehead atoms. The summed E-state index contributed by atoms with van der Waals surface area (Å²) in [5.74, 6) is 1.03. The van der Waals surface area contributed by atoms with Crippen molar-refractivity contribution in [3.8, 4) is 11.5 Å². The Hall–Kier alpha value is -3.36. The van der Waals surface area contributed by atoms with Gasteiger partial charge in [0.2, 0.25) is 10.0 Å².